The number of benzene rings is 2. The summed E-state index contributed by atoms with van der Waals surface area (Å²) in [5, 5.41) is 14.1. The molecule has 1 aliphatic rings. The van der Waals surface area contributed by atoms with E-state index < -0.39 is 17.2 Å². The highest BCUT2D eigenvalue weighted by atomic mass is 16.7. The van der Waals surface area contributed by atoms with Gasteiger partial charge in [-0.1, -0.05) is 74.9 Å². The van der Waals surface area contributed by atoms with Crippen LogP contribution >= 0.6 is 0 Å². The maximum absolute atomic E-state index is 14.6. The van der Waals surface area contributed by atoms with Gasteiger partial charge in [0.15, 0.2) is 6.29 Å². The number of anilines is 1. The molecule has 1 aliphatic heterocycles. The summed E-state index contributed by atoms with van der Waals surface area (Å²) in [6.07, 6.45) is 3.59. The molecule has 2 N–H and O–H groups in total. The summed E-state index contributed by atoms with van der Waals surface area (Å²) in [6, 6.07) is 17.6. The van der Waals surface area contributed by atoms with Gasteiger partial charge in [-0.2, -0.15) is 0 Å². The van der Waals surface area contributed by atoms with Crippen molar-refractivity contribution in [3.8, 4) is 0 Å². The lowest BCUT2D eigenvalue weighted by molar-refractivity contribution is -0.140. The largest absolute Gasteiger partial charge is 0.395 e. The Morgan fingerprint density at radius 3 is 2.31 bits per heavy atom. The summed E-state index contributed by atoms with van der Waals surface area (Å²) in [7, 11) is 0. The van der Waals surface area contributed by atoms with E-state index in [2.05, 4.69) is 25.7 Å². The number of nitrogens with zero attached hydrogens (tertiary/aromatic N) is 1. The number of hydrogen-bond acceptors (Lipinski definition) is 5. The lowest BCUT2D eigenvalue weighted by Crippen LogP contribution is -2.63. The highest BCUT2D eigenvalue weighted by Gasteiger charge is 2.60. The molecule has 3 atom stereocenters. The lowest BCUT2D eigenvalue weighted by Gasteiger charge is -2.46. The second kappa shape index (κ2) is 12.6. The van der Waals surface area contributed by atoms with Crippen LogP contribution in [0.4, 0.5) is 5.69 Å². The van der Waals surface area contributed by atoms with Gasteiger partial charge in [0.2, 0.25) is 0 Å². The molecule has 6 nitrogen and oxygen atoms in total. The summed E-state index contributed by atoms with van der Waals surface area (Å²) >= 11 is 0. The Hall–Kier alpha value is -2.51. The van der Waals surface area contributed by atoms with Crippen molar-refractivity contribution in [3.05, 3.63) is 78.4 Å². The monoisotopic (exact) mass is 494 g/mol. The van der Waals surface area contributed by atoms with Crippen LogP contribution in [0.5, 0.6) is 0 Å². The zero-order valence-electron chi connectivity index (χ0n) is 22.2. The molecule has 0 radical (unpaired) electrons. The first kappa shape index (κ1) is 28.1. The molecule has 0 unspecified atom stereocenters. The third-order valence-electron chi connectivity index (χ3n) is 7.24. The van der Waals surface area contributed by atoms with Crippen LogP contribution in [-0.4, -0.2) is 49.7 Å². The number of nitrogens with one attached hydrogen (secondary N) is 1. The zero-order valence-corrected chi connectivity index (χ0v) is 22.2. The van der Waals surface area contributed by atoms with Crippen molar-refractivity contribution in [1.29, 1.82) is 0 Å². The average Bonchev–Trinajstić information content (AvgIpc) is 3.13. The Morgan fingerprint density at radius 2 is 1.72 bits per heavy atom. The van der Waals surface area contributed by atoms with Crippen LogP contribution in [0.15, 0.2) is 67.3 Å². The second-order valence-electron chi connectivity index (χ2n) is 9.61. The van der Waals surface area contributed by atoms with Crippen LogP contribution in [-0.2, 0) is 26.2 Å². The summed E-state index contributed by atoms with van der Waals surface area (Å²) < 4.78 is 11.6. The number of rotatable bonds is 15. The van der Waals surface area contributed by atoms with Gasteiger partial charge < -0.3 is 19.5 Å². The van der Waals surface area contributed by atoms with Crippen LogP contribution in [0.1, 0.15) is 51.7 Å². The van der Waals surface area contributed by atoms with E-state index in [0.717, 1.165) is 29.7 Å². The van der Waals surface area contributed by atoms with E-state index in [1.165, 1.54) is 0 Å². The molecule has 0 fully saturated rings. The topological polar surface area (TPSA) is 71.0 Å². The molecule has 0 saturated heterocycles. The minimum Gasteiger partial charge on any atom is -0.395 e. The van der Waals surface area contributed by atoms with Gasteiger partial charge >= 0.3 is 0 Å². The quantitative estimate of drug-likeness (QED) is 0.275. The lowest BCUT2D eigenvalue weighted by atomic mass is 9.64. The van der Waals surface area contributed by atoms with Gasteiger partial charge in [-0.3, -0.25) is 10.1 Å². The van der Waals surface area contributed by atoms with Crippen molar-refractivity contribution in [3.63, 3.8) is 0 Å². The number of aliphatic hydroxyl groups is 1. The van der Waals surface area contributed by atoms with Crippen LogP contribution < -0.4 is 10.2 Å². The zero-order chi connectivity index (χ0) is 26.2. The molecule has 196 valence electrons. The fraction of sp³-hybridized carbons (Fsp3) is 0.500. The van der Waals surface area contributed by atoms with Crippen molar-refractivity contribution in [2.45, 2.75) is 64.8 Å². The Morgan fingerprint density at radius 1 is 1.08 bits per heavy atom. The third kappa shape index (κ3) is 5.42. The molecule has 0 saturated carbocycles. The summed E-state index contributed by atoms with van der Waals surface area (Å²) in [5.74, 6) is -0.0736. The Kier molecular flexibility index (Phi) is 9.85. The highest BCUT2D eigenvalue weighted by Crippen LogP contribution is 2.53. The Balaban J connectivity index is 2.12. The first-order valence-electron chi connectivity index (χ1n) is 13.1. The number of ether oxygens (including phenoxy) is 2. The number of para-hydroxylation sites is 1. The van der Waals surface area contributed by atoms with Gasteiger partial charge in [0.25, 0.3) is 5.91 Å². The number of fused-ring (bicyclic) bond motifs is 1. The van der Waals surface area contributed by atoms with Crippen molar-refractivity contribution >= 4 is 11.6 Å². The van der Waals surface area contributed by atoms with Gasteiger partial charge in [-0.15, -0.1) is 6.58 Å². The normalized spacial score (nSPS) is 19.8. The number of carbonyl (C=O) groups is 1. The fourth-order valence-electron chi connectivity index (χ4n) is 5.49. The first-order valence-corrected chi connectivity index (χ1v) is 13.1. The van der Waals surface area contributed by atoms with Gasteiger partial charge in [0.1, 0.15) is 5.54 Å². The summed E-state index contributed by atoms with van der Waals surface area (Å²) in [5.41, 5.74) is 1.11. The molecule has 0 spiro atoms. The second-order valence-corrected chi connectivity index (χ2v) is 9.61. The third-order valence-corrected chi connectivity index (χ3v) is 7.24. The smallest absolute Gasteiger partial charge is 0.253 e. The van der Waals surface area contributed by atoms with Gasteiger partial charge in [0, 0.05) is 35.9 Å². The van der Waals surface area contributed by atoms with E-state index in [4.69, 9.17) is 9.47 Å². The molecule has 0 aromatic heterocycles. The predicted molar refractivity (Wildman–Crippen MR) is 145 cm³/mol. The van der Waals surface area contributed by atoms with Crippen LogP contribution in [0, 0.1) is 5.41 Å². The van der Waals surface area contributed by atoms with E-state index in [0.29, 0.717) is 19.6 Å². The predicted octanol–water partition coefficient (Wildman–Crippen LogP) is 4.81. The first-order chi connectivity index (χ1) is 17.4. The summed E-state index contributed by atoms with van der Waals surface area (Å²) in [4.78, 5) is 16.4. The van der Waals surface area contributed by atoms with Crippen molar-refractivity contribution < 1.29 is 19.4 Å². The molecule has 2 aromatic rings. The molecule has 6 heteroatoms. The molecular weight excluding hydrogens is 452 g/mol. The average molecular weight is 495 g/mol. The van der Waals surface area contributed by atoms with Gasteiger partial charge in [-0.05, 0) is 38.3 Å². The highest BCUT2D eigenvalue weighted by molar-refractivity contribution is 6.08. The minimum absolute atomic E-state index is 0.0736. The number of aliphatic hydroxyl groups excluding tert-OH is 1. The van der Waals surface area contributed by atoms with E-state index in [-0.39, 0.29) is 25.1 Å². The van der Waals surface area contributed by atoms with Crippen LogP contribution in [0.3, 0.4) is 0 Å². The Bertz CT molecular complexity index is 991. The maximum atomic E-state index is 14.6. The molecule has 2 aromatic carbocycles. The van der Waals surface area contributed by atoms with Crippen LogP contribution in [0.25, 0.3) is 0 Å². The maximum Gasteiger partial charge on any atom is 0.253 e. The molecule has 3 rings (SSSR count). The van der Waals surface area contributed by atoms with Crippen molar-refractivity contribution in [2.75, 3.05) is 31.3 Å². The standard InChI is InChI=1S/C30H42N2O4/c1-6-19-29(5,7-2)30(31-24(22-33)20-23-15-11-10-12-16-23)25-17-13-14-18-26(25)32(28(30)34)21-27(35-8-3)36-9-4/h7,10-18,24,27,31,33H,2,6,8-9,19-22H2,1,3-5H3/t24-,29-,30-/m0/s1. The Labute approximate surface area is 216 Å². The molecule has 1 amide bonds. The molecule has 36 heavy (non-hydrogen) atoms. The number of amides is 1. The summed E-state index contributed by atoms with van der Waals surface area (Å²) in [6.45, 7) is 13.4. The number of carbonyl (C=O) groups excluding carboxylic acids is 1. The molecule has 0 bridgehead atoms. The SMILES string of the molecule is C=C[C@@](C)(CCC)[C@@]1(N[C@H](CO)Cc2ccccc2)C(=O)N(CC(OCC)OCC)c2ccccc21. The number of hydrogen-bond donors (Lipinski definition) is 2. The van der Waals surface area contributed by atoms with Crippen molar-refractivity contribution in [1.82, 2.24) is 5.32 Å². The van der Waals surface area contributed by atoms with Gasteiger partial charge in [-0.25, -0.2) is 0 Å². The van der Waals surface area contributed by atoms with E-state index in [1.807, 2.05) is 74.5 Å². The van der Waals surface area contributed by atoms with E-state index in [1.54, 1.807) is 4.90 Å². The van der Waals surface area contributed by atoms with Crippen LogP contribution in [0.2, 0.25) is 0 Å². The van der Waals surface area contributed by atoms with Crippen molar-refractivity contribution in [2.24, 2.45) is 5.41 Å². The van der Waals surface area contributed by atoms with Gasteiger partial charge in [0.05, 0.1) is 13.2 Å². The fourth-order valence-corrected chi connectivity index (χ4v) is 5.49. The molecular formula is C30H42N2O4. The minimum atomic E-state index is -1.10. The van der Waals surface area contributed by atoms with E-state index >= 15 is 0 Å². The van der Waals surface area contributed by atoms with E-state index in [9.17, 15) is 9.90 Å². The molecule has 1 heterocycles. The molecule has 0 aliphatic carbocycles.